The average Bonchev–Trinajstić information content (AvgIpc) is 3.47. The molecule has 29 heavy (non-hydrogen) atoms. The molecule has 0 spiro atoms. The highest BCUT2D eigenvalue weighted by molar-refractivity contribution is 5.93. The van der Waals surface area contributed by atoms with Crippen molar-refractivity contribution in [1.29, 1.82) is 0 Å². The van der Waals surface area contributed by atoms with E-state index in [1.807, 2.05) is 76.8 Å². The topological polar surface area (TPSA) is 84.6 Å². The third-order valence-corrected chi connectivity index (χ3v) is 5.40. The molecule has 3 aromatic heterocycles. The summed E-state index contributed by atoms with van der Waals surface area (Å²) >= 11 is 0. The summed E-state index contributed by atoms with van der Waals surface area (Å²) in [5, 5.41) is 11.8. The van der Waals surface area contributed by atoms with E-state index in [2.05, 4.69) is 15.3 Å². The Morgan fingerprint density at radius 3 is 2.72 bits per heavy atom. The van der Waals surface area contributed by atoms with Crippen molar-refractivity contribution in [2.45, 2.75) is 19.5 Å². The molecule has 4 aromatic rings. The van der Waals surface area contributed by atoms with Crippen molar-refractivity contribution in [2.24, 2.45) is 7.05 Å². The van der Waals surface area contributed by atoms with Crippen molar-refractivity contribution in [3.05, 3.63) is 66.2 Å². The molecule has 1 N–H and O–H groups in total. The molecule has 1 amide bonds. The molecule has 4 heterocycles. The van der Waals surface area contributed by atoms with E-state index in [1.54, 1.807) is 6.07 Å². The van der Waals surface area contributed by atoms with Crippen LogP contribution in [0.15, 0.2) is 54.7 Å². The number of benzene rings is 1. The predicted molar refractivity (Wildman–Crippen MR) is 108 cm³/mol. The zero-order chi connectivity index (χ0) is 20.0. The number of aromatic nitrogens is 6. The van der Waals surface area contributed by atoms with E-state index in [-0.39, 0.29) is 11.9 Å². The average molecular weight is 387 g/mol. The van der Waals surface area contributed by atoms with Gasteiger partial charge in [0.05, 0.1) is 18.3 Å². The quantitative estimate of drug-likeness (QED) is 0.586. The van der Waals surface area contributed by atoms with Crippen LogP contribution in [0.25, 0.3) is 22.8 Å². The molecule has 0 radical (unpaired) electrons. The highest BCUT2D eigenvalue weighted by Gasteiger charge is 2.32. The molecule has 0 saturated carbocycles. The van der Waals surface area contributed by atoms with E-state index in [9.17, 15) is 4.79 Å². The fourth-order valence-corrected chi connectivity index (χ4v) is 3.79. The summed E-state index contributed by atoms with van der Waals surface area (Å²) < 4.78 is 3.88. The van der Waals surface area contributed by atoms with Crippen LogP contribution in [-0.2, 0) is 13.6 Å². The van der Waals surface area contributed by atoms with E-state index in [1.165, 1.54) is 0 Å². The van der Waals surface area contributed by atoms with Crippen LogP contribution >= 0.6 is 0 Å². The lowest BCUT2D eigenvalue weighted by Gasteiger charge is -2.32. The van der Waals surface area contributed by atoms with Gasteiger partial charge in [-0.25, -0.2) is 9.67 Å². The summed E-state index contributed by atoms with van der Waals surface area (Å²) in [6, 6.07) is 15.4. The van der Waals surface area contributed by atoms with Crippen LogP contribution in [0.5, 0.6) is 0 Å². The van der Waals surface area contributed by atoms with Crippen LogP contribution in [0.2, 0.25) is 0 Å². The van der Waals surface area contributed by atoms with Gasteiger partial charge in [-0.05, 0) is 25.1 Å². The van der Waals surface area contributed by atoms with Crippen molar-refractivity contribution in [3.8, 4) is 22.8 Å². The summed E-state index contributed by atoms with van der Waals surface area (Å²) in [5.41, 5.74) is 3.16. The van der Waals surface area contributed by atoms with Crippen molar-refractivity contribution in [2.75, 3.05) is 6.54 Å². The van der Waals surface area contributed by atoms with E-state index >= 15 is 0 Å². The van der Waals surface area contributed by atoms with Crippen molar-refractivity contribution in [1.82, 2.24) is 34.4 Å². The van der Waals surface area contributed by atoms with E-state index in [0.29, 0.717) is 24.6 Å². The van der Waals surface area contributed by atoms with Crippen LogP contribution < -0.4 is 0 Å². The fourth-order valence-electron chi connectivity index (χ4n) is 3.79. The lowest BCUT2D eigenvalue weighted by Crippen LogP contribution is -2.41. The number of carbonyl (C=O) groups is 1. The maximum absolute atomic E-state index is 13.2. The molecule has 8 nitrogen and oxygen atoms in total. The Kier molecular flexibility index (Phi) is 4.04. The third kappa shape index (κ3) is 2.93. The summed E-state index contributed by atoms with van der Waals surface area (Å²) in [4.78, 5) is 19.7. The molecule has 1 aromatic carbocycles. The molecule has 0 saturated heterocycles. The van der Waals surface area contributed by atoms with Gasteiger partial charge >= 0.3 is 0 Å². The zero-order valence-corrected chi connectivity index (χ0v) is 16.3. The van der Waals surface area contributed by atoms with Crippen LogP contribution in [-0.4, -0.2) is 46.9 Å². The normalized spacial score (nSPS) is 16.1. The lowest BCUT2D eigenvalue weighted by atomic mass is 10.2. The summed E-state index contributed by atoms with van der Waals surface area (Å²) in [6.45, 7) is 3.17. The minimum atomic E-state index is -0.178. The Bertz CT molecular complexity index is 1170. The second-order valence-electron chi connectivity index (χ2n) is 7.23. The Morgan fingerprint density at radius 2 is 1.97 bits per heavy atom. The van der Waals surface area contributed by atoms with Gasteiger partial charge in [-0.2, -0.15) is 10.2 Å². The first-order valence-corrected chi connectivity index (χ1v) is 9.60. The van der Waals surface area contributed by atoms with Crippen molar-refractivity contribution >= 4 is 5.91 Å². The first-order chi connectivity index (χ1) is 14.1. The molecule has 0 unspecified atom stereocenters. The molecule has 8 heteroatoms. The van der Waals surface area contributed by atoms with Gasteiger partial charge in [0, 0.05) is 25.4 Å². The standard InChI is InChI=1S/C21H21N7O/c1-14-20-22-19(15-7-4-3-5-8-15)25-28(20)12-11-27(14)21(29)17-13-16(23-24-17)18-9-6-10-26(18)2/h3-10,13-14H,11-12H2,1-2H3,(H,23,24)/t14-/m0/s1. The Labute approximate surface area is 167 Å². The van der Waals surface area contributed by atoms with Crippen LogP contribution in [0.3, 0.4) is 0 Å². The number of fused-ring (bicyclic) bond motifs is 1. The summed E-state index contributed by atoms with van der Waals surface area (Å²) in [5.74, 6) is 1.40. The molecule has 5 rings (SSSR count). The monoisotopic (exact) mass is 387 g/mol. The summed E-state index contributed by atoms with van der Waals surface area (Å²) in [6.07, 6.45) is 1.95. The SMILES string of the molecule is C[C@H]1c2nc(-c3ccccc3)nn2CCN1C(=O)c1cc(-c2cccn2C)n[nH]1. The first kappa shape index (κ1) is 17.4. The molecule has 1 atom stereocenters. The second kappa shape index (κ2) is 6.73. The van der Waals surface area contributed by atoms with Gasteiger partial charge in [-0.3, -0.25) is 9.89 Å². The fraction of sp³-hybridized carbons (Fsp3) is 0.238. The number of hydrogen-bond acceptors (Lipinski definition) is 4. The molecule has 0 aliphatic carbocycles. The van der Waals surface area contributed by atoms with Crippen molar-refractivity contribution < 1.29 is 4.79 Å². The molecule has 1 aliphatic rings. The minimum Gasteiger partial charge on any atom is -0.349 e. The molecule has 0 fully saturated rings. The molecule has 146 valence electrons. The van der Waals surface area contributed by atoms with E-state index in [0.717, 1.165) is 22.8 Å². The zero-order valence-electron chi connectivity index (χ0n) is 16.3. The van der Waals surface area contributed by atoms with Gasteiger partial charge in [0.1, 0.15) is 17.2 Å². The number of amides is 1. The van der Waals surface area contributed by atoms with Gasteiger partial charge in [-0.15, -0.1) is 0 Å². The van der Waals surface area contributed by atoms with Gasteiger partial charge in [-0.1, -0.05) is 30.3 Å². The van der Waals surface area contributed by atoms with Gasteiger partial charge < -0.3 is 9.47 Å². The summed E-state index contributed by atoms with van der Waals surface area (Å²) in [7, 11) is 1.95. The van der Waals surface area contributed by atoms with E-state index < -0.39 is 0 Å². The number of aryl methyl sites for hydroxylation is 1. The number of H-pyrrole nitrogens is 1. The maximum atomic E-state index is 13.2. The smallest absolute Gasteiger partial charge is 0.272 e. The van der Waals surface area contributed by atoms with Crippen LogP contribution in [0, 0.1) is 0 Å². The number of nitrogens with one attached hydrogen (secondary N) is 1. The van der Waals surface area contributed by atoms with E-state index in [4.69, 9.17) is 4.98 Å². The van der Waals surface area contributed by atoms with Gasteiger partial charge in [0.25, 0.3) is 5.91 Å². The first-order valence-electron chi connectivity index (χ1n) is 9.60. The largest absolute Gasteiger partial charge is 0.349 e. The highest BCUT2D eigenvalue weighted by Crippen LogP contribution is 2.28. The Hall–Kier alpha value is -3.68. The highest BCUT2D eigenvalue weighted by atomic mass is 16.2. The van der Waals surface area contributed by atoms with Gasteiger partial charge in [0.15, 0.2) is 5.82 Å². The number of carbonyl (C=O) groups excluding carboxylic acids is 1. The second-order valence-corrected chi connectivity index (χ2v) is 7.23. The molecule has 1 aliphatic heterocycles. The van der Waals surface area contributed by atoms with Crippen LogP contribution in [0.1, 0.15) is 29.3 Å². The number of nitrogens with zero attached hydrogens (tertiary/aromatic N) is 6. The molecular weight excluding hydrogens is 366 g/mol. The Morgan fingerprint density at radius 1 is 1.14 bits per heavy atom. The molecule has 0 bridgehead atoms. The number of hydrogen-bond donors (Lipinski definition) is 1. The van der Waals surface area contributed by atoms with Crippen molar-refractivity contribution in [3.63, 3.8) is 0 Å². The predicted octanol–water partition coefficient (Wildman–Crippen LogP) is 2.89. The third-order valence-electron chi connectivity index (χ3n) is 5.40. The number of rotatable bonds is 3. The maximum Gasteiger partial charge on any atom is 0.272 e. The van der Waals surface area contributed by atoms with Crippen LogP contribution in [0.4, 0.5) is 0 Å². The number of aromatic amines is 1. The lowest BCUT2D eigenvalue weighted by molar-refractivity contribution is 0.0624. The minimum absolute atomic E-state index is 0.0824. The Balaban J connectivity index is 1.41. The van der Waals surface area contributed by atoms with Gasteiger partial charge in [0.2, 0.25) is 0 Å². The molecular formula is C21H21N7O.